The molecule has 1 unspecified atom stereocenters. The van der Waals surface area contributed by atoms with Crippen LogP contribution in [-0.2, 0) is 13.1 Å². The molecule has 1 aromatic carbocycles. The van der Waals surface area contributed by atoms with Crippen LogP contribution in [0, 0.1) is 0 Å². The topological polar surface area (TPSA) is 76.2 Å². The number of rotatable bonds is 11. The number of unbranched alkanes of at least 4 members (excludes halogenated alkanes) is 1. The van der Waals surface area contributed by atoms with Gasteiger partial charge in [-0.15, -0.1) is 0 Å². The van der Waals surface area contributed by atoms with Gasteiger partial charge in [-0.05, 0) is 100 Å². The standard InChI is InChI=1S/C34H46N8.C2H6/c1-3-4-16-40(2)30-9-8-17-41(24-30)23-26-14-15-35-29(20-26)22-36-28-12-10-27(11-13-28)32-21-31-33(39-32)37-25-38-34(31)42-18-6-5-7-19-42;1-2/h10-15,20-21,25,30,36H,3-9,16-19,22-24H2,1-2H3,(H,37,38,39);1-2H3. The number of hydrogen-bond donors (Lipinski definition) is 2. The van der Waals surface area contributed by atoms with Gasteiger partial charge in [0.15, 0.2) is 0 Å². The molecule has 236 valence electrons. The maximum absolute atomic E-state index is 4.65. The average molecular weight is 597 g/mol. The second-order valence-corrected chi connectivity index (χ2v) is 12.1. The van der Waals surface area contributed by atoms with Crippen LogP contribution in [0.5, 0.6) is 0 Å². The summed E-state index contributed by atoms with van der Waals surface area (Å²) in [5.74, 6) is 1.05. The second-order valence-electron chi connectivity index (χ2n) is 12.1. The van der Waals surface area contributed by atoms with Gasteiger partial charge in [0.05, 0.1) is 17.6 Å². The van der Waals surface area contributed by atoms with E-state index < -0.39 is 0 Å². The maximum atomic E-state index is 4.65. The molecule has 0 aliphatic carbocycles. The first-order valence-electron chi connectivity index (χ1n) is 17.0. The molecular weight excluding hydrogens is 544 g/mol. The number of nitrogens with zero attached hydrogens (tertiary/aromatic N) is 6. The minimum Gasteiger partial charge on any atom is -0.379 e. The zero-order chi connectivity index (χ0) is 30.7. The van der Waals surface area contributed by atoms with E-state index in [2.05, 4.69) is 96.4 Å². The Morgan fingerprint density at radius 1 is 0.955 bits per heavy atom. The molecule has 6 rings (SSSR count). The first-order valence-corrected chi connectivity index (χ1v) is 17.0. The number of aromatic nitrogens is 4. The number of nitrogens with one attached hydrogen (secondary N) is 2. The minimum atomic E-state index is 0.672. The molecule has 4 aromatic rings. The third-order valence-electron chi connectivity index (χ3n) is 8.99. The highest BCUT2D eigenvalue weighted by Gasteiger charge is 2.23. The van der Waals surface area contributed by atoms with Crippen molar-refractivity contribution in [2.45, 2.75) is 84.8 Å². The number of fused-ring (bicyclic) bond motifs is 1. The van der Waals surface area contributed by atoms with Gasteiger partial charge in [-0.25, -0.2) is 9.97 Å². The zero-order valence-electron chi connectivity index (χ0n) is 27.4. The van der Waals surface area contributed by atoms with Crippen LogP contribution in [0.25, 0.3) is 22.3 Å². The fraction of sp³-hybridized carbons (Fsp3) is 0.528. The molecule has 44 heavy (non-hydrogen) atoms. The van der Waals surface area contributed by atoms with Crippen LogP contribution in [0.15, 0.2) is 55.0 Å². The lowest BCUT2D eigenvalue weighted by molar-refractivity contribution is 0.110. The summed E-state index contributed by atoms with van der Waals surface area (Å²) < 4.78 is 0. The van der Waals surface area contributed by atoms with Crippen LogP contribution in [0.1, 0.15) is 77.0 Å². The van der Waals surface area contributed by atoms with Gasteiger partial charge in [0.1, 0.15) is 17.8 Å². The summed E-state index contributed by atoms with van der Waals surface area (Å²) in [7, 11) is 2.30. The summed E-state index contributed by atoms with van der Waals surface area (Å²) >= 11 is 0. The fourth-order valence-electron chi connectivity index (χ4n) is 6.51. The predicted molar refractivity (Wildman–Crippen MR) is 184 cm³/mol. The number of hydrogen-bond acceptors (Lipinski definition) is 7. The van der Waals surface area contributed by atoms with Crippen molar-refractivity contribution in [3.05, 3.63) is 66.2 Å². The Kier molecular flexibility index (Phi) is 11.6. The number of piperidine rings is 2. The van der Waals surface area contributed by atoms with Crippen molar-refractivity contribution in [2.75, 3.05) is 50.0 Å². The first kappa shape index (κ1) is 31.9. The highest BCUT2D eigenvalue weighted by Crippen LogP contribution is 2.30. The number of likely N-dealkylation sites (tertiary alicyclic amines) is 1. The second kappa shape index (κ2) is 16.0. The minimum absolute atomic E-state index is 0.672. The largest absolute Gasteiger partial charge is 0.379 e. The summed E-state index contributed by atoms with van der Waals surface area (Å²) in [4.78, 5) is 24.9. The van der Waals surface area contributed by atoms with Crippen molar-refractivity contribution in [2.24, 2.45) is 0 Å². The van der Waals surface area contributed by atoms with Gasteiger partial charge in [0.25, 0.3) is 0 Å². The van der Waals surface area contributed by atoms with Gasteiger partial charge >= 0.3 is 0 Å². The van der Waals surface area contributed by atoms with Crippen molar-refractivity contribution in [3.63, 3.8) is 0 Å². The number of benzene rings is 1. The van der Waals surface area contributed by atoms with Gasteiger partial charge in [-0.2, -0.15) is 0 Å². The Morgan fingerprint density at radius 3 is 2.57 bits per heavy atom. The summed E-state index contributed by atoms with van der Waals surface area (Å²) in [5.41, 5.74) is 6.62. The molecule has 2 aliphatic heterocycles. The number of anilines is 2. The lowest BCUT2D eigenvalue weighted by Crippen LogP contribution is -2.46. The van der Waals surface area contributed by atoms with E-state index in [9.17, 15) is 0 Å². The zero-order valence-corrected chi connectivity index (χ0v) is 27.4. The molecule has 5 heterocycles. The Bertz CT molecular complexity index is 1430. The fourth-order valence-corrected chi connectivity index (χ4v) is 6.51. The lowest BCUT2D eigenvalue weighted by Gasteiger charge is -2.37. The van der Waals surface area contributed by atoms with Crippen molar-refractivity contribution in [1.29, 1.82) is 0 Å². The molecule has 2 saturated heterocycles. The Hall–Kier alpha value is -3.49. The summed E-state index contributed by atoms with van der Waals surface area (Å²) in [6.07, 6.45) is 12.5. The van der Waals surface area contributed by atoms with Gasteiger partial charge in [0, 0.05) is 49.8 Å². The van der Waals surface area contributed by atoms with Crippen LogP contribution in [0.3, 0.4) is 0 Å². The number of aromatic amines is 1. The van der Waals surface area contributed by atoms with Crippen LogP contribution < -0.4 is 10.2 Å². The van der Waals surface area contributed by atoms with E-state index in [4.69, 9.17) is 0 Å². The molecule has 8 nitrogen and oxygen atoms in total. The monoisotopic (exact) mass is 596 g/mol. The smallest absolute Gasteiger partial charge is 0.143 e. The normalized spacial score (nSPS) is 17.5. The van der Waals surface area contributed by atoms with Crippen molar-refractivity contribution in [1.82, 2.24) is 29.7 Å². The van der Waals surface area contributed by atoms with Crippen LogP contribution in [0.2, 0.25) is 0 Å². The Balaban J connectivity index is 0.00000188. The van der Waals surface area contributed by atoms with E-state index in [-0.39, 0.29) is 0 Å². The quantitative estimate of drug-likeness (QED) is 0.188. The van der Waals surface area contributed by atoms with Crippen molar-refractivity contribution < 1.29 is 0 Å². The summed E-state index contributed by atoms with van der Waals surface area (Å²) in [5, 5.41) is 4.67. The molecule has 0 radical (unpaired) electrons. The molecule has 1 atom stereocenters. The van der Waals surface area contributed by atoms with E-state index in [0.717, 1.165) is 65.7 Å². The molecule has 0 bridgehead atoms. The molecule has 0 amide bonds. The van der Waals surface area contributed by atoms with E-state index in [1.165, 1.54) is 63.6 Å². The summed E-state index contributed by atoms with van der Waals surface area (Å²) in [6.45, 7) is 13.7. The summed E-state index contributed by atoms with van der Waals surface area (Å²) in [6, 6.07) is 15.9. The highest BCUT2D eigenvalue weighted by molar-refractivity contribution is 5.92. The third-order valence-corrected chi connectivity index (χ3v) is 8.99. The Morgan fingerprint density at radius 2 is 1.77 bits per heavy atom. The van der Waals surface area contributed by atoms with Crippen LogP contribution in [-0.4, -0.2) is 75.5 Å². The molecule has 2 aliphatic rings. The first-order chi connectivity index (χ1) is 21.7. The number of pyridine rings is 1. The van der Waals surface area contributed by atoms with E-state index >= 15 is 0 Å². The van der Waals surface area contributed by atoms with E-state index in [1.807, 2.05) is 20.0 Å². The molecule has 3 aromatic heterocycles. The predicted octanol–water partition coefficient (Wildman–Crippen LogP) is 7.34. The number of H-pyrrole nitrogens is 1. The maximum Gasteiger partial charge on any atom is 0.143 e. The van der Waals surface area contributed by atoms with Gasteiger partial charge < -0.3 is 20.1 Å². The van der Waals surface area contributed by atoms with Crippen molar-refractivity contribution in [3.8, 4) is 11.3 Å². The van der Waals surface area contributed by atoms with Gasteiger partial charge in [0.2, 0.25) is 0 Å². The third kappa shape index (κ3) is 8.16. The van der Waals surface area contributed by atoms with Gasteiger partial charge in [-0.1, -0.05) is 39.3 Å². The van der Waals surface area contributed by atoms with E-state index in [1.54, 1.807) is 6.33 Å². The lowest BCUT2D eigenvalue weighted by atomic mass is 10.0. The van der Waals surface area contributed by atoms with Gasteiger partial charge in [-0.3, -0.25) is 9.88 Å². The van der Waals surface area contributed by atoms with Crippen LogP contribution in [0.4, 0.5) is 11.5 Å². The van der Waals surface area contributed by atoms with Crippen LogP contribution >= 0.6 is 0 Å². The molecule has 0 spiro atoms. The molecular formula is C36H52N8. The van der Waals surface area contributed by atoms with Crippen molar-refractivity contribution >= 4 is 22.5 Å². The molecule has 8 heteroatoms. The molecule has 0 saturated carbocycles. The van der Waals surface area contributed by atoms with E-state index in [0.29, 0.717) is 12.6 Å². The molecule has 2 fully saturated rings. The highest BCUT2D eigenvalue weighted by atomic mass is 15.2. The molecule has 2 N–H and O–H groups in total. The SMILES string of the molecule is CC.CCCCN(C)C1CCCN(Cc2ccnc(CNc3ccc(-c4cc5c(N6CCCCC6)ncnc5[nH]4)cc3)c2)C1. The average Bonchev–Trinajstić information content (AvgIpc) is 3.53. The Labute approximate surface area is 264 Å². The number of likely N-dealkylation sites (N-methyl/N-ethyl adjacent to an activating group) is 1.